The molecule has 0 saturated heterocycles. The average Bonchev–Trinajstić information content (AvgIpc) is 2.43. The van der Waals surface area contributed by atoms with Gasteiger partial charge < -0.3 is 10.2 Å². The third-order valence-electron chi connectivity index (χ3n) is 4.39. The van der Waals surface area contributed by atoms with Gasteiger partial charge in [-0.2, -0.15) is 0 Å². The molecule has 1 aromatic carbocycles. The van der Waals surface area contributed by atoms with Gasteiger partial charge in [0.15, 0.2) is 0 Å². The average molecular weight is 278 g/mol. The Labute approximate surface area is 122 Å². The molecule has 1 N–H and O–H groups in total. The minimum atomic E-state index is -0.133. The van der Waals surface area contributed by atoms with Crippen molar-refractivity contribution in [3.63, 3.8) is 0 Å². The van der Waals surface area contributed by atoms with Crippen molar-refractivity contribution in [2.45, 2.75) is 52.1 Å². The fourth-order valence-corrected chi connectivity index (χ4v) is 3.17. The molecule has 2 nitrogen and oxygen atoms in total. The number of nitrogens with zero attached hydrogens (tertiary/aromatic N) is 1. The number of hydrogen-bond acceptors (Lipinski definition) is 2. The van der Waals surface area contributed by atoms with Gasteiger partial charge in [-0.1, -0.05) is 26.7 Å². The van der Waals surface area contributed by atoms with Gasteiger partial charge in [0.05, 0.1) is 0 Å². The third-order valence-corrected chi connectivity index (χ3v) is 4.39. The molecule has 20 heavy (non-hydrogen) atoms. The van der Waals surface area contributed by atoms with Crippen molar-refractivity contribution in [3.8, 4) is 0 Å². The molecule has 0 aliphatic heterocycles. The summed E-state index contributed by atoms with van der Waals surface area (Å²) in [5.74, 6) is 0.650. The topological polar surface area (TPSA) is 15.3 Å². The molecule has 1 aliphatic carbocycles. The summed E-state index contributed by atoms with van der Waals surface area (Å²) in [6.07, 6.45) is 5.06. The molecule has 2 rings (SSSR count). The van der Waals surface area contributed by atoms with Gasteiger partial charge in [-0.15, -0.1) is 0 Å². The molecule has 1 aliphatic rings. The normalized spacial score (nSPS) is 22.8. The third kappa shape index (κ3) is 3.95. The number of hydrogen-bond donors (Lipinski definition) is 1. The number of nitrogens with one attached hydrogen (secondary N) is 1. The van der Waals surface area contributed by atoms with Crippen molar-refractivity contribution in [1.29, 1.82) is 0 Å². The first-order chi connectivity index (χ1) is 9.60. The molecule has 1 fully saturated rings. The van der Waals surface area contributed by atoms with Gasteiger partial charge in [-0.25, -0.2) is 4.39 Å². The molecule has 1 saturated carbocycles. The second-order valence-electron chi connectivity index (χ2n) is 6.13. The van der Waals surface area contributed by atoms with E-state index in [1.807, 2.05) is 0 Å². The summed E-state index contributed by atoms with van der Waals surface area (Å²) >= 11 is 0. The fourth-order valence-electron chi connectivity index (χ4n) is 3.17. The van der Waals surface area contributed by atoms with E-state index >= 15 is 0 Å². The predicted octanol–water partition coefficient (Wildman–Crippen LogP) is 3.95. The highest BCUT2D eigenvalue weighted by molar-refractivity contribution is 5.49. The lowest BCUT2D eigenvalue weighted by Crippen LogP contribution is -2.35. The Bertz CT molecular complexity index is 433. The van der Waals surface area contributed by atoms with Crippen LogP contribution in [0.5, 0.6) is 0 Å². The zero-order valence-electron chi connectivity index (χ0n) is 13.0. The molecular formula is C17H27FN2. The van der Waals surface area contributed by atoms with E-state index < -0.39 is 0 Å². The van der Waals surface area contributed by atoms with E-state index in [0.29, 0.717) is 6.04 Å². The Morgan fingerprint density at radius 2 is 2.10 bits per heavy atom. The molecule has 3 heteroatoms. The molecule has 2 atom stereocenters. The van der Waals surface area contributed by atoms with Crippen LogP contribution >= 0.6 is 0 Å². The Hall–Kier alpha value is -1.09. The van der Waals surface area contributed by atoms with Crippen molar-refractivity contribution in [3.05, 3.63) is 29.6 Å². The largest absolute Gasteiger partial charge is 0.372 e. The first-order valence-electron chi connectivity index (χ1n) is 7.83. The Balaban J connectivity index is 2.11. The minimum absolute atomic E-state index is 0.133. The summed E-state index contributed by atoms with van der Waals surface area (Å²) in [5, 5.41) is 3.26. The molecule has 1 aromatic rings. The van der Waals surface area contributed by atoms with Crippen LogP contribution in [0.1, 0.15) is 45.1 Å². The molecule has 0 heterocycles. The van der Waals surface area contributed by atoms with E-state index in [-0.39, 0.29) is 5.82 Å². The van der Waals surface area contributed by atoms with Crippen molar-refractivity contribution >= 4 is 5.69 Å². The lowest BCUT2D eigenvalue weighted by Gasteiger charge is -2.35. The Kier molecular flexibility index (Phi) is 5.41. The molecule has 0 aromatic heterocycles. The van der Waals surface area contributed by atoms with E-state index in [0.717, 1.165) is 30.3 Å². The summed E-state index contributed by atoms with van der Waals surface area (Å²) in [5.41, 5.74) is 2.04. The van der Waals surface area contributed by atoms with Crippen LogP contribution in [0, 0.1) is 11.7 Å². The molecule has 2 unspecified atom stereocenters. The summed E-state index contributed by atoms with van der Waals surface area (Å²) < 4.78 is 13.8. The molecular weight excluding hydrogens is 251 g/mol. The van der Waals surface area contributed by atoms with Crippen LogP contribution in [-0.4, -0.2) is 19.6 Å². The van der Waals surface area contributed by atoms with Crippen LogP contribution in [0.3, 0.4) is 0 Å². The van der Waals surface area contributed by atoms with Crippen molar-refractivity contribution in [2.75, 3.05) is 18.5 Å². The highest BCUT2D eigenvalue weighted by Gasteiger charge is 2.23. The van der Waals surface area contributed by atoms with Crippen LogP contribution in [-0.2, 0) is 6.54 Å². The summed E-state index contributed by atoms with van der Waals surface area (Å²) in [6, 6.07) is 5.95. The molecule has 0 spiro atoms. The van der Waals surface area contributed by atoms with Gasteiger partial charge in [-0.05, 0) is 49.1 Å². The van der Waals surface area contributed by atoms with Gasteiger partial charge in [0.2, 0.25) is 0 Å². The maximum Gasteiger partial charge on any atom is 0.125 e. The van der Waals surface area contributed by atoms with Gasteiger partial charge >= 0.3 is 0 Å². The van der Waals surface area contributed by atoms with Gasteiger partial charge in [0.1, 0.15) is 5.82 Å². The Morgan fingerprint density at radius 1 is 1.30 bits per heavy atom. The van der Waals surface area contributed by atoms with Crippen LogP contribution in [0.15, 0.2) is 18.2 Å². The number of benzene rings is 1. The highest BCUT2D eigenvalue weighted by Crippen LogP contribution is 2.30. The van der Waals surface area contributed by atoms with Crippen LogP contribution in [0.2, 0.25) is 0 Å². The second kappa shape index (κ2) is 7.07. The summed E-state index contributed by atoms with van der Waals surface area (Å²) in [4.78, 5) is 2.27. The van der Waals surface area contributed by atoms with Crippen molar-refractivity contribution in [1.82, 2.24) is 5.32 Å². The molecule has 0 radical (unpaired) electrons. The molecule has 0 amide bonds. The van der Waals surface area contributed by atoms with E-state index in [4.69, 9.17) is 0 Å². The summed E-state index contributed by atoms with van der Waals surface area (Å²) in [6.45, 7) is 6.02. The summed E-state index contributed by atoms with van der Waals surface area (Å²) in [7, 11) is 2.11. The Morgan fingerprint density at radius 3 is 2.80 bits per heavy atom. The minimum Gasteiger partial charge on any atom is -0.372 e. The van der Waals surface area contributed by atoms with Crippen molar-refractivity contribution < 1.29 is 4.39 Å². The van der Waals surface area contributed by atoms with E-state index in [2.05, 4.69) is 37.2 Å². The van der Waals surface area contributed by atoms with E-state index in [9.17, 15) is 4.39 Å². The monoisotopic (exact) mass is 278 g/mol. The zero-order chi connectivity index (χ0) is 14.5. The SMILES string of the molecule is CCNCc1cc(F)cc(N(C)C2CCCC(C)C2)c1. The first-order valence-corrected chi connectivity index (χ1v) is 7.83. The fraction of sp³-hybridized carbons (Fsp3) is 0.647. The number of anilines is 1. The van der Waals surface area contributed by atoms with E-state index in [1.165, 1.54) is 25.7 Å². The smallest absolute Gasteiger partial charge is 0.125 e. The second-order valence-corrected chi connectivity index (χ2v) is 6.13. The first kappa shape index (κ1) is 15.3. The quantitative estimate of drug-likeness (QED) is 0.877. The number of rotatable bonds is 5. The molecule has 112 valence electrons. The lowest BCUT2D eigenvalue weighted by atomic mass is 9.86. The van der Waals surface area contributed by atoms with E-state index in [1.54, 1.807) is 12.1 Å². The molecule has 0 bridgehead atoms. The van der Waals surface area contributed by atoms with Gasteiger partial charge in [0.25, 0.3) is 0 Å². The van der Waals surface area contributed by atoms with Crippen LogP contribution in [0.4, 0.5) is 10.1 Å². The lowest BCUT2D eigenvalue weighted by molar-refractivity contribution is 0.336. The predicted molar refractivity (Wildman–Crippen MR) is 83.6 cm³/mol. The zero-order valence-corrected chi connectivity index (χ0v) is 13.0. The van der Waals surface area contributed by atoms with Crippen LogP contribution in [0.25, 0.3) is 0 Å². The van der Waals surface area contributed by atoms with Crippen molar-refractivity contribution in [2.24, 2.45) is 5.92 Å². The van der Waals surface area contributed by atoms with Gasteiger partial charge in [0, 0.05) is 25.3 Å². The van der Waals surface area contributed by atoms with Crippen LogP contribution < -0.4 is 10.2 Å². The highest BCUT2D eigenvalue weighted by atomic mass is 19.1. The van der Waals surface area contributed by atoms with Gasteiger partial charge in [-0.3, -0.25) is 0 Å². The maximum atomic E-state index is 13.8. The number of halogens is 1. The maximum absolute atomic E-state index is 13.8. The standard InChI is InChI=1S/C17H27FN2/c1-4-19-12-14-9-15(18)11-17(10-14)20(3)16-7-5-6-13(2)8-16/h9-11,13,16,19H,4-8,12H2,1-3H3.